The molecule has 0 saturated carbocycles. The van der Waals surface area contributed by atoms with Crippen LogP contribution in [-0.4, -0.2) is 52.6 Å². The predicted octanol–water partition coefficient (Wildman–Crippen LogP) is 3.21. The maximum Gasteiger partial charge on any atom is 0.408 e. The fraction of sp³-hybridized carbons (Fsp3) is 0.438. The van der Waals surface area contributed by atoms with E-state index in [4.69, 9.17) is 4.74 Å². The van der Waals surface area contributed by atoms with Gasteiger partial charge in [0.15, 0.2) is 0 Å². The van der Waals surface area contributed by atoms with Crippen LogP contribution in [0.15, 0.2) is 21.5 Å². The van der Waals surface area contributed by atoms with Gasteiger partial charge in [-0.15, -0.1) is 11.8 Å². The average molecular weight is 479 g/mol. The highest BCUT2D eigenvalue weighted by molar-refractivity contribution is 9.10. The number of ether oxygens (including phenoxy) is 2. The van der Waals surface area contributed by atoms with Gasteiger partial charge in [-0.1, -0.05) is 0 Å². The molecule has 12 heteroatoms. The van der Waals surface area contributed by atoms with Crippen molar-refractivity contribution in [2.24, 2.45) is 0 Å². The van der Waals surface area contributed by atoms with E-state index >= 15 is 0 Å². The van der Waals surface area contributed by atoms with Gasteiger partial charge in [0, 0.05) is 16.3 Å². The first kappa shape index (κ1) is 23.7. The Morgan fingerprint density at radius 2 is 1.96 bits per heavy atom. The molecule has 1 rings (SSSR count). The van der Waals surface area contributed by atoms with Crippen LogP contribution >= 0.6 is 27.7 Å². The summed E-state index contributed by atoms with van der Waals surface area (Å²) in [5.74, 6) is -2.30. The largest absolute Gasteiger partial charge is 0.480 e. The number of carboxylic acids is 1. The standard InChI is InChI=1S/C16H19BrN2O8S/c1-16(2,3)27-15(23)18-10(13(20)21)7-28-12-6-9(17)8(14(22)26-4)5-11(12)19(24)25/h5-6,10H,7H2,1-4H3,(H,18,23)(H,20,21)/t10-/m0/s1. The summed E-state index contributed by atoms with van der Waals surface area (Å²) in [5.41, 5.74) is -1.25. The summed E-state index contributed by atoms with van der Waals surface area (Å²) < 4.78 is 9.83. The van der Waals surface area contributed by atoms with E-state index in [0.717, 1.165) is 24.9 Å². The molecule has 10 nitrogen and oxygen atoms in total. The molecular formula is C16H19BrN2O8S. The van der Waals surface area contributed by atoms with Crippen LogP contribution in [0.5, 0.6) is 0 Å². The Hall–Kier alpha value is -2.34. The first-order valence-electron chi connectivity index (χ1n) is 7.77. The number of esters is 1. The van der Waals surface area contributed by atoms with Crippen molar-refractivity contribution in [1.29, 1.82) is 0 Å². The highest BCUT2D eigenvalue weighted by Gasteiger charge is 2.27. The summed E-state index contributed by atoms with van der Waals surface area (Å²) in [7, 11) is 1.14. The van der Waals surface area contributed by atoms with Crippen molar-refractivity contribution < 1.29 is 33.9 Å². The minimum atomic E-state index is -1.35. The third kappa shape index (κ3) is 7.00. The van der Waals surface area contributed by atoms with E-state index in [9.17, 15) is 29.6 Å². The fourth-order valence-corrected chi connectivity index (χ4v) is 3.58. The molecule has 0 aliphatic heterocycles. The molecule has 1 aromatic rings. The van der Waals surface area contributed by atoms with Gasteiger partial charge < -0.3 is 19.9 Å². The first-order valence-corrected chi connectivity index (χ1v) is 9.55. The van der Waals surface area contributed by atoms with Crippen molar-refractivity contribution in [3.8, 4) is 0 Å². The Labute approximate surface area is 173 Å². The Kier molecular flexibility index (Phi) is 8.24. The Bertz CT molecular complexity index is 794. The van der Waals surface area contributed by atoms with Gasteiger partial charge in [-0.2, -0.15) is 0 Å². The van der Waals surface area contributed by atoms with Crippen molar-refractivity contribution in [3.05, 3.63) is 32.3 Å². The number of carbonyl (C=O) groups is 3. The highest BCUT2D eigenvalue weighted by atomic mass is 79.9. The molecule has 0 fully saturated rings. The highest BCUT2D eigenvalue weighted by Crippen LogP contribution is 2.35. The van der Waals surface area contributed by atoms with Crippen molar-refractivity contribution >= 4 is 51.4 Å². The fourth-order valence-electron chi connectivity index (χ4n) is 1.87. The van der Waals surface area contributed by atoms with Crippen LogP contribution in [0.25, 0.3) is 0 Å². The number of thioether (sulfide) groups is 1. The van der Waals surface area contributed by atoms with E-state index < -0.39 is 40.3 Å². The molecule has 0 aliphatic carbocycles. The predicted molar refractivity (Wildman–Crippen MR) is 104 cm³/mol. The first-order chi connectivity index (χ1) is 12.9. The summed E-state index contributed by atoms with van der Waals surface area (Å²) in [6, 6.07) is 1.01. The molecule has 0 aromatic heterocycles. The molecule has 2 N–H and O–H groups in total. The zero-order valence-electron chi connectivity index (χ0n) is 15.5. The second-order valence-electron chi connectivity index (χ2n) is 6.40. The second kappa shape index (κ2) is 9.73. The van der Waals surface area contributed by atoms with E-state index in [2.05, 4.69) is 26.0 Å². The molecule has 1 amide bonds. The third-order valence-corrected chi connectivity index (χ3v) is 4.84. The molecule has 1 atom stereocenters. The molecule has 0 heterocycles. The lowest BCUT2D eigenvalue weighted by Crippen LogP contribution is -2.44. The number of rotatable bonds is 7. The maximum absolute atomic E-state index is 11.8. The normalized spacial score (nSPS) is 12.0. The molecule has 0 unspecified atom stereocenters. The third-order valence-electron chi connectivity index (χ3n) is 3.05. The minimum absolute atomic E-state index is 0.0415. The van der Waals surface area contributed by atoms with Crippen molar-refractivity contribution in [3.63, 3.8) is 0 Å². The zero-order chi connectivity index (χ0) is 21.6. The van der Waals surface area contributed by atoms with Gasteiger partial charge in [-0.25, -0.2) is 14.4 Å². The smallest absolute Gasteiger partial charge is 0.408 e. The topological polar surface area (TPSA) is 145 Å². The number of alkyl carbamates (subject to hydrolysis) is 1. The van der Waals surface area contributed by atoms with Gasteiger partial charge in [0.2, 0.25) is 0 Å². The van der Waals surface area contributed by atoms with Gasteiger partial charge in [-0.05, 0) is 42.8 Å². The van der Waals surface area contributed by atoms with Crippen molar-refractivity contribution in [2.75, 3.05) is 12.9 Å². The van der Waals surface area contributed by atoms with Crippen LogP contribution in [-0.2, 0) is 14.3 Å². The second-order valence-corrected chi connectivity index (χ2v) is 8.31. The number of nitrogens with one attached hydrogen (secondary N) is 1. The number of hydrogen-bond donors (Lipinski definition) is 2. The minimum Gasteiger partial charge on any atom is -0.480 e. The van der Waals surface area contributed by atoms with Crippen molar-refractivity contribution in [2.45, 2.75) is 37.3 Å². The molecular weight excluding hydrogens is 460 g/mol. The number of hydrogen-bond acceptors (Lipinski definition) is 8. The van der Waals surface area contributed by atoms with Gasteiger partial charge >= 0.3 is 18.0 Å². The van der Waals surface area contributed by atoms with E-state index in [0.29, 0.717) is 0 Å². The summed E-state index contributed by atoms with van der Waals surface area (Å²) >= 11 is 3.98. The number of amides is 1. The Morgan fingerprint density at radius 3 is 2.43 bits per heavy atom. The van der Waals surface area contributed by atoms with Crippen LogP contribution in [0.2, 0.25) is 0 Å². The van der Waals surface area contributed by atoms with Crippen LogP contribution < -0.4 is 5.32 Å². The van der Waals surface area contributed by atoms with E-state index in [1.165, 1.54) is 6.07 Å². The number of benzene rings is 1. The number of nitrogens with zero attached hydrogens (tertiary/aromatic N) is 1. The SMILES string of the molecule is COC(=O)c1cc([N+](=O)[O-])c(SC[C@H](NC(=O)OC(C)(C)C)C(=O)O)cc1Br. The lowest BCUT2D eigenvalue weighted by molar-refractivity contribution is -0.387. The van der Waals surface area contributed by atoms with Crippen LogP contribution in [0.1, 0.15) is 31.1 Å². The molecule has 154 valence electrons. The molecule has 28 heavy (non-hydrogen) atoms. The number of aliphatic carboxylic acids is 1. The summed E-state index contributed by atoms with van der Waals surface area (Å²) in [6.45, 7) is 4.88. The zero-order valence-corrected chi connectivity index (χ0v) is 17.9. The van der Waals surface area contributed by atoms with Crippen LogP contribution in [0.4, 0.5) is 10.5 Å². The maximum atomic E-state index is 11.8. The van der Waals surface area contributed by atoms with E-state index in [1.807, 2.05) is 0 Å². The van der Waals surface area contributed by atoms with E-state index in [1.54, 1.807) is 20.8 Å². The monoisotopic (exact) mass is 478 g/mol. The quantitative estimate of drug-likeness (QED) is 0.261. The molecule has 1 aromatic carbocycles. The number of halogens is 1. The number of nitro groups is 1. The molecule has 0 aliphatic rings. The molecule has 0 bridgehead atoms. The lowest BCUT2D eigenvalue weighted by atomic mass is 10.2. The van der Waals surface area contributed by atoms with Gasteiger partial charge in [-0.3, -0.25) is 10.1 Å². The number of carbonyl (C=O) groups excluding carboxylic acids is 2. The number of methoxy groups -OCH3 is 1. The molecule has 0 radical (unpaired) electrons. The number of carboxylic acid groups (broad SMARTS) is 1. The molecule has 0 saturated heterocycles. The van der Waals surface area contributed by atoms with Crippen molar-refractivity contribution in [1.82, 2.24) is 5.32 Å². The summed E-state index contributed by atoms with van der Waals surface area (Å²) in [4.78, 5) is 45.6. The van der Waals surface area contributed by atoms with Gasteiger partial charge in [0.25, 0.3) is 5.69 Å². The van der Waals surface area contributed by atoms with Gasteiger partial charge in [0.05, 0.1) is 22.5 Å². The van der Waals surface area contributed by atoms with Crippen LogP contribution in [0.3, 0.4) is 0 Å². The van der Waals surface area contributed by atoms with E-state index in [-0.39, 0.29) is 20.7 Å². The summed E-state index contributed by atoms with van der Waals surface area (Å²) in [6.07, 6.45) is -0.919. The molecule has 0 spiro atoms. The number of nitro benzene ring substituents is 1. The Balaban J connectivity index is 3.03. The average Bonchev–Trinajstić information content (AvgIpc) is 2.55. The van der Waals surface area contributed by atoms with Crippen LogP contribution in [0, 0.1) is 10.1 Å². The lowest BCUT2D eigenvalue weighted by Gasteiger charge is -2.21. The Morgan fingerprint density at radius 1 is 1.36 bits per heavy atom. The van der Waals surface area contributed by atoms with Gasteiger partial charge in [0.1, 0.15) is 11.6 Å². The summed E-state index contributed by atoms with van der Waals surface area (Å²) in [5, 5.41) is 22.8.